The van der Waals surface area contributed by atoms with Gasteiger partial charge in [0.25, 0.3) is 0 Å². The van der Waals surface area contributed by atoms with Crippen LogP contribution in [0.2, 0.25) is 0 Å². The van der Waals surface area contributed by atoms with E-state index in [0.717, 1.165) is 0 Å². The van der Waals surface area contributed by atoms with Crippen LogP contribution in [0.25, 0.3) is 0 Å². The number of hydrogen-bond acceptors (Lipinski definition) is 5. The molecule has 106 valence electrons. The van der Waals surface area contributed by atoms with Gasteiger partial charge in [0.15, 0.2) is 17.8 Å². The van der Waals surface area contributed by atoms with Crippen molar-refractivity contribution in [2.24, 2.45) is 17.0 Å². The Morgan fingerprint density at radius 2 is 2.19 bits per heavy atom. The third kappa shape index (κ3) is 2.43. The van der Waals surface area contributed by atoms with Crippen molar-refractivity contribution >= 4 is 11.9 Å². The monoisotopic (exact) mass is 282 g/mol. The summed E-state index contributed by atoms with van der Waals surface area (Å²) >= 11 is 0. The Balaban J connectivity index is 2.01. The lowest BCUT2D eigenvalue weighted by molar-refractivity contribution is -0.671. The fraction of sp³-hybridized carbons (Fsp3) is 0.133. The fourth-order valence-electron chi connectivity index (χ4n) is 2.11. The molecule has 0 unspecified atom stereocenters. The number of aryl methyl sites for hydroxylation is 1. The Labute approximate surface area is 122 Å². The summed E-state index contributed by atoms with van der Waals surface area (Å²) < 4.78 is 1.74. The first-order valence-corrected chi connectivity index (χ1v) is 6.39. The summed E-state index contributed by atoms with van der Waals surface area (Å²) in [5.74, 6) is 0.345. The molecule has 0 radical (unpaired) electrons. The van der Waals surface area contributed by atoms with Gasteiger partial charge in [-0.15, -0.1) is 0 Å². The molecule has 3 heterocycles. The lowest BCUT2D eigenvalue weighted by Crippen LogP contribution is -2.26. The lowest BCUT2D eigenvalue weighted by atomic mass is 10.1. The molecule has 6 nitrogen and oxygen atoms in total. The zero-order chi connectivity index (χ0) is 15.0. The smallest absolute Gasteiger partial charge is 0.211 e. The Morgan fingerprint density at radius 3 is 2.90 bits per heavy atom. The van der Waals surface area contributed by atoms with Crippen molar-refractivity contribution < 1.29 is 14.8 Å². The van der Waals surface area contributed by atoms with Crippen molar-refractivity contribution in [1.82, 2.24) is 4.90 Å². The van der Waals surface area contributed by atoms with E-state index in [-0.39, 0.29) is 11.5 Å². The number of nitrogens with zero attached hydrogens (tertiary/aromatic N) is 4. The minimum atomic E-state index is -0.138. The van der Waals surface area contributed by atoms with Crippen molar-refractivity contribution in [3.63, 3.8) is 0 Å². The largest absolute Gasteiger partial charge is 0.871 e. The predicted octanol–water partition coefficient (Wildman–Crippen LogP) is -0.0374. The van der Waals surface area contributed by atoms with Crippen LogP contribution in [-0.4, -0.2) is 29.0 Å². The van der Waals surface area contributed by atoms with Gasteiger partial charge in [0, 0.05) is 24.9 Å². The number of allylic oxidation sites excluding steroid dienone is 1. The Bertz CT molecular complexity index is 757. The Hall–Kier alpha value is -2.89. The van der Waals surface area contributed by atoms with Gasteiger partial charge in [-0.05, 0) is 12.3 Å². The van der Waals surface area contributed by atoms with Crippen LogP contribution >= 0.6 is 0 Å². The van der Waals surface area contributed by atoms with E-state index in [1.165, 1.54) is 6.20 Å². The SMILES string of the molecule is CN1C=C/C(=C2/N=CC(c3cc[n+](C)cc3O)=N2)C([O-])=C1. The summed E-state index contributed by atoms with van der Waals surface area (Å²) in [5, 5.41) is 21.9. The molecule has 6 heteroatoms. The summed E-state index contributed by atoms with van der Waals surface area (Å²) in [4.78, 5) is 10.2. The average molecular weight is 282 g/mol. The van der Waals surface area contributed by atoms with Crippen LogP contribution in [0, 0.1) is 0 Å². The molecule has 1 N–H and O–H groups in total. The average Bonchev–Trinajstić information content (AvgIpc) is 2.87. The molecule has 21 heavy (non-hydrogen) atoms. The van der Waals surface area contributed by atoms with Crippen LogP contribution in [-0.2, 0) is 7.05 Å². The summed E-state index contributed by atoms with van der Waals surface area (Å²) in [5.41, 5.74) is 1.57. The van der Waals surface area contributed by atoms with Crippen molar-refractivity contribution in [1.29, 1.82) is 0 Å². The van der Waals surface area contributed by atoms with Gasteiger partial charge in [0.2, 0.25) is 6.20 Å². The first-order chi connectivity index (χ1) is 10.0. The normalized spacial score (nSPS) is 20.8. The molecule has 0 aliphatic carbocycles. The second kappa shape index (κ2) is 4.90. The van der Waals surface area contributed by atoms with E-state index >= 15 is 0 Å². The maximum atomic E-state index is 11.9. The standard InChI is InChI=1S/C15H14N4O2/c1-18-5-3-10(13(20)8-18)12-7-16-15(17-12)11-4-6-19(2)9-14(11)21/h3-9H,1-2H3,(H-,17,20,21). The highest BCUT2D eigenvalue weighted by Crippen LogP contribution is 2.24. The third-order valence-electron chi connectivity index (χ3n) is 3.19. The van der Waals surface area contributed by atoms with E-state index in [0.29, 0.717) is 22.7 Å². The molecular formula is C15H14N4O2. The molecule has 0 bridgehead atoms. The van der Waals surface area contributed by atoms with Gasteiger partial charge in [-0.2, -0.15) is 0 Å². The molecule has 0 atom stereocenters. The van der Waals surface area contributed by atoms with Gasteiger partial charge in [0.1, 0.15) is 7.05 Å². The molecule has 0 saturated heterocycles. The van der Waals surface area contributed by atoms with Crippen molar-refractivity contribution in [2.75, 3.05) is 7.05 Å². The zero-order valence-electron chi connectivity index (χ0n) is 11.7. The quantitative estimate of drug-likeness (QED) is 0.735. The number of aromatic hydroxyl groups is 1. The molecule has 3 rings (SSSR count). The maximum absolute atomic E-state index is 11.9. The number of pyridine rings is 1. The minimum Gasteiger partial charge on any atom is -0.871 e. The van der Waals surface area contributed by atoms with Gasteiger partial charge < -0.3 is 15.1 Å². The highest BCUT2D eigenvalue weighted by atomic mass is 16.3. The molecule has 1 aromatic rings. The van der Waals surface area contributed by atoms with E-state index in [9.17, 15) is 10.2 Å². The van der Waals surface area contributed by atoms with E-state index in [4.69, 9.17) is 0 Å². The van der Waals surface area contributed by atoms with Gasteiger partial charge >= 0.3 is 0 Å². The number of aromatic nitrogens is 1. The molecule has 0 spiro atoms. The van der Waals surface area contributed by atoms with Gasteiger partial charge in [-0.3, -0.25) is 0 Å². The zero-order valence-corrected chi connectivity index (χ0v) is 11.7. The van der Waals surface area contributed by atoms with Crippen LogP contribution < -0.4 is 9.67 Å². The topological polar surface area (TPSA) is 75.1 Å². The summed E-state index contributed by atoms with van der Waals surface area (Å²) in [7, 11) is 3.60. The predicted molar refractivity (Wildman–Crippen MR) is 76.3 cm³/mol. The molecule has 0 fully saturated rings. The summed E-state index contributed by atoms with van der Waals surface area (Å²) in [6.07, 6.45) is 9.89. The van der Waals surface area contributed by atoms with E-state index in [1.54, 1.807) is 47.3 Å². The maximum Gasteiger partial charge on any atom is 0.211 e. The number of aliphatic imine (C=N–C) groups is 2. The van der Waals surface area contributed by atoms with E-state index < -0.39 is 0 Å². The van der Waals surface area contributed by atoms with Crippen LogP contribution in [0.15, 0.2) is 64.1 Å². The lowest BCUT2D eigenvalue weighted by Gasteiger charge is -2.22. The second-order valence-corrected chi connectivity index (χ2v) is 4.88. The van der Waals surface area contributed by atoms with Crippen LogP contribution in [0.1, 0.15) is 5.56 Å². The van der Waals surface area contributed by atoms with Gasteiger partial charge in [0.05, 0.1) is 17.5 Å². The first kappa shape index (κ1) is 13.1. The molecule has 2 aliphatic heterocycles. The molecule has 1 aromatic heterocycles. The van der Waals surface area contributed by atoms with E-state index in [1.807, 2.05) is 13.2 Å². The van der Waals surface area contributed by atoms with Gasteiger partial charge in [-0.25, -0.2) is 14.6 Å². The van der Waals surface area contributed by atoms with Crippen molar-refractivity contribution in [3.05, 3.63) is 59.7 Å². The van der Waals surface area contributed by atoms with Crippen LogP contribution in [0.4, 0.5) is 0 Å². The summed E-state index contributed by atoms with van der Waals surface area (Å²) in [6, 6.07) is 1.76. The fourth-order valence-corrected chi connectivity index (χ4v) is 2.11. The van der Waals surface area contributed by atoms with Gasteiger partial charge in [-0.1, -0.05) is 5.76 Å². The van der Waals surface area contributed by atoms with Crippen LogP contribution in [0.3, 0.4) is 0 Å². The second-order valence-electron chi connectivity index (χ2n) is 4.88. The number of hydrogen-bond donors (Lipinski definition) is 1. The molecule has 0 amide bonds. The molecule has 0 aromatic carbocycles. The third-order valence-corrected chi connectivity index (χ3v) is 3.19. The van der Waals surface area contributed by atoms with Crippen molar-refractivity contribution in [2.45, 2.75) is 0 Å². The summed E-state index contributed by atoms with van der Waals surface area (Å²) in [6.45, 7) is 0. The number of rotatable bonds is 1. The highest BCUT2D eigenvalue weighted by Gasteiger charge is 2.17. The van der Waals surface area contributed by atoms with E-state index in [2.05, 4.69) is 9.98 Å². The molecule has 2 aliphatic rings. The Kier molecular flexibility index (Phi) is 3.06. The first-order valence-electron chi connectivity index (χ1n) is 6.39. The van der Waals surface area contributed by atoms with Crippen LogP contribution in [0.5, 0.6) is 5.75 Å². The minimum absolute atomic E-state index is 0.119. The highest BCUT2D eigenvalue weighted by molar-refractivity contribution is 6.40. The molecular weight excluding hydrogens is 268 g/mol. The molecule has 0 saturated carbocycles. The van der Waals surface area contributed by atoms with Crippen molar-refractivity contribution in [3.8, 4) is 5.75 Å². The Morgan fingerprint density at radius 1 is 1.38 bits per heavy atom.